The SMILES string of the molecule is CCCCCCCCCC(C(=O)O)N1CCCCC1. The van der Waals surface area contributed by atoms with E-state index in [1.165, 1.54) is 57.8 Å². The summed E-state index contributed by atoms with van der Waals surface area (Å²) in [6.45, 7) is 4.19. The smallest absolute Gasteiger partial charge is 0.320 e. The highest BCUT2D eigenvalue weighted by molar-refractivity contribution is 5.73. The minimum atomic E-state index is -0.618. The Morgan fingerprint density at radius 1 is 1.00 bits per heavy atom. The van der Waals surface area contributed by atoms with Crippen molar-refractivity contribution in [3.8, 4) is 0 Å². The molecule has 1 unspecified atom stereocenters. The topological polar surface area (TPSA) is 40.5 Å². The second-order valence-corrected chi connectivity index (χ2v) is 5.86. The largest absolute Gasteiger partial charge is 0.480 e. The van der Waals surface area contributed by atoms with Gasteiger partial charge in [-0.2, -0.15) is 0 Å². The molecule has 19 heavy (non-hydrogen) atoms. The van der Waals surface area contributed by atoms with Gasteiger partial charge >= 0.3 is 5.97 Å². The lowest BCUT2D eigenvalue weighted by molar-refractivity contribution is -0.144. The van der Waals surface area contributed by atoms with Crippen LogP contribution in [-0.2, 0) is 4.79 Å². The molecule has 0 saturated carbocycles. The van der Waals surface area contributed by atoms with E-state index in [4.69, 9.17) is 0 Å². The molecule has 0 spiro atoms. The number of likely N-dealkylation sites (tertiary alicyclic amines) is 1. The average Bonchev–Trinajstić information content (AvgIpc) is 2.42. The second kappa shape index (κ2) is 10.2. The number of unbranched alkanes of at least 4 members (excludes halogenated alkanes) is 6. The number of piperidine rings is 1. The first-order valence-electron chi connectivity index (χ1n) is 8.22. The van der Waals surface area contributed by atoms with Gasteiger partial charge in [-0.3, -0.25) is 9.69 Å². The molecule has 112 valence electrons. The predicted molar refractivity (Wildman–Crippen MR) is 79.5 cm³/mol. The molecule has 0 bridgehead atoms. The van der Waals surface area contributed by atoms with E-state index in [-0.39, 0.29) is 6.04 Å². The third-order valence-corrected chi connectivity index (χ3v) is 4.20. The van der Waals surface area contributed by atoms with Crippen molar-refractivity contribution in [1.82, 2.24) is 4.90 Å². The summed E-state index contributed by atoms with van der Waals surface area (Å²) in [4.78, 5) is 13.5. The number of aliphatic carboxylic acids is 1. The van der Waals surface area contributed by atoms with Crippen molar-refractivity contribution in [2.75, 3.05) is 13.1 Å². The van der Waals surface area contributed by atoms with E-state index in [1.54, 1.807) is 0 Å². The molecule has 1 saturated heterocycles. The first kappa shape index (κ1) is 16.5. The van der Waals surface area contributed by atoms with Crippen LogP contribution in [0.15, 0.2) is 0 Å². The van der Waals surface area contributed by atoms with E-state index in [0.29, 0.717) is 0 Å². The first-order valence-corrected chi connectivity index (χ1v) is 8.22. The van der Waals surface area contributed by atoms with E-state index in [1.807, 2.05) is 0 Å². The number of rotatable bonds is 10. The predicted octanol–water partition coefficient (Wildman–Crippen LogP) is 4.07. The van der Waals surface area contributed by atoms with E-state index in [2.05, 4.69) is 11.8 Å². The van der Waals surface area contributed by atoms with Crippen LogP contribution in [0.5, 0.6) is 0 Å². The molecule has 1 heterocycles. The fourth-order valence-electron chi connectivity index (χ4n) is 2.99. The Balaban J connectivity index is 2.13. The van der Waals surface area contributed by atoms with Gasteiger partial charge in [-0.1, -0.05) is 58.3 Å². The summed E-state index contributed by atoms with van der Waals surface area (Å²) in [5.41, 5.74) is 0. The van der Waals surface area contributed by atoms with E-state index < -0.39 is 5.97 Å². The van der Waals surface area contributed by atoms with Crippen molar-refractivity contribution < 1.29 is 9.90 Å². The summed E-state index contributed by atoms with van der Waals surface area (Å²) in [6.07, 6.45) is 13.3. The maximum absolute atomic E-state index is 11.4. The Labute approximate surface area is 118 Å². The van der Waals surface area contributed by atoms with Crippen LogP contribution in [0.25, 0.3) is 0 Å². The minimum absolute atomic E-state index is 0.226. The van der Waals surface area contributed by atoms with E-state index >= 15 is 0 Å². The Morgan fingerprint density at radius 3 is 2.16 bits per heavy atom. The van der Waals surface area contributed by atoms with Crippen LogP contribution >= 0.6 is 0 Å². The lowest BCUT2D eigenvalue weighted by atomic mass is 10.0. The Hall–Kier alpha value is -0.570. The molecule has 0 radical (unpaired) electrons. The molecule has 1 N–H and O–H groups in total. The van der Waals surface area contributed by atoms with Gasteiger partial charge in [0.2, 0.25) is 0 Å². The van der Waals surface area contributed by atoms with E-state index in [0.717, 1.165) is 25.9 Å². The fraction of sp³-hybridized carbons (Fsp3) is 0.938. The zero-order valence-electron chi connectivity index (χ0n) is 12.6. The van der Waals surface area contributed by atoms with Gasteiger partial charge < -0.3 is 5.11 Å². The molecule has 0 aromatic rings. The number of carboxylic acids is 1. The van der Waals surface area contributed by atoms with Crippen LogP contribution in [0.3, 0.4) is 0 Å². The quantitative estimate of drug-likeness (QED) is 0.608. The van der Waals surface area contributed by atoms with Crippen LogP contribution < -0.4 is 0 Å². The average molecular weight is 269 g/mol. The zero-order valence-corrected chi connectivity index (χ0v) is 12.6. The molecule has 1 aliphatic rings. The summed E-state index contributed by atoms with van der Waals surface area (Å²) in [7, 11) is 0. The number of carboxylic acid groups (broad SMARTS) is 1. The molecule has 1 atom stereocenters. The normalized spacial score (nSPS) is 18.4. The highest BCUT2D eigenvalue weighted by Gasteiger charge is 2.25. The molecule has 0 amide bonds. The van der Waals surface area contributed by atoms with Gasteiger partial charge in [-0.05, 0) is 32.4 Å². The van der Waals surface area contributed by atoms with Crippen molar-refractivity contribution in [3.05, 3.63) is 0 Å². The summed E-state index contributed by atoms with van der Waals surface area (Å²) in [5.74, 6) is -0.618. The summed E-state index contributed by atoms with van der Waals surface area (Å²) >= 11 is 0. The molecular weight excluding hydrogens is 238 g/mol. The molecule has 0 aliphatic carbocycles. The van der Waals surface area contributed by atoms with E-state index in [9.17, 15) is 9.90 Å². The van der Waals surface area contributed by atoms with Gasteiger partial charge in [0.25, 0.3) is 0 Å². The number of carbonyl (C=O) groups is 1. The van der Waals surface area contributed by atoms with Crippen LogP contribution in [0, 0.1) is 0 Å². The number of nitrogens with zero attached hydrogens (tertiary/aromatic N) is 1. The molecular formula is C16H31NO2. The fourth-order valence-corrected chi connectivity index (χ4v) is 2.99. The third kappa shape index (κ3) is 6.95. The molecule has 1 aliphatic heterocycles. The molecule has 0 aromatic heterocycles. The molecule has 1 rings (SSSR count). The lowest BCUT2D eigenvalue weighted by Gasteiger charge is -2.32. The van der Waals surface area contributed by atoms with Crippen LogP contribution in [0.2, 0.25) is 0 Å². The maximum Gasteiger partial charge on any atom is 0.320 e. The van der Waals surface area contributed by atoms with Gasteiger partial charge in [-0.15, -0.1) is 0 Å². The van der Waals surface area contributed by atoms with Gasteiger partial charge in [0.1, 0.15) is 6.04 Å². The highest BCUT2D eigenvalue weighted by atomic mass is 16.4. The first-order chi connectivity index (χ1) is 9.25. The summed E-state index contributed by atoms with van der Waals surface area (Å²) < 4.78 is 0. The van der Waals surface area contributed by atoms with Crippen molar-refractivity contribution in [1.29, 1.82) is 0 Å². The van der Waals surface area contributed by atoms with Crippen LogP contribution in [0.4, 0.5) is 0 Å². The molecule has 3 heteroatoms. The monoisotopic (exact) mass is 269 g/mol. The third-order valence-electron chi connectivity index (χ3n) is 4.20. The van der Waals surface area contributed by atoms with Crippen molar-refractivity contribution in [3.63, 3.8) is 0 Å². The van der Waals surface area contributed by atoms with Gasteiger partial charge in [0.05, 0.1) is 0 Å². The van der Waals surface area contributed by atoms with Crippen molar-refractivity contribution in [2.45, 2.75) is 83.6 Å². The zero-order chi connectivity index (χ0) is 13.9. The number of hydrogen-bond donors (Lipinski definition) is 1. The standard InChI is InChI=1S/C16H31NO2/c1-2-3-4-5-6-7-9-12-15(16(18)19)17-13-10-8-11-14-17/h15H,2-14H2,1H3,(H,18,19). The van der Waals surface area contributed by atoms with Crippen LogP contribution in [-0.4, -0.2) is 35.1 Å². The van der Waals surface area contributed by atoms with Crippen molar-refractivity contribution >= 4 is 5.97 Å². The lowest BCUT2D eigenvalue weighted by Crippen LogP contribution is -2.44. The van der Waals surface area contributed by atoms with Gasteiger partial charge in [0.15, 0.2) is 0 Å². The Morgan fingerprint density at radius 2 is 1.58 bits per heavy atom. The van der Waals surface area contributed by atoms with Crippen LogP contribution in [0.1, 0.15) is 77.6 Å². The maximum atomic E-state index is 11.4. The molecule has 1 fully saturated rings. The van der Waals surface area contributed by atoms with Gasteiger partial charge in [-0.25, -0.2) is 0 Å². The Kier molecular flexibility index (Phi) is 8.89. The second-order valence-electron chi connectivity index (χ2n) is 5.86. The number of hydrogen-bond acceptors (Lipinski definition) is 2. The highest BCUT2D eigenvalue weighted by Crippen LogP contribution is 2.17. The van der Waals surface area contributed by atoms with Gasteiger partial charge in [0, 0.05) is 0 Å². The minimum Gasteiger partial charge on any atom is -0.480 e. The molecule has 0 aromatic carbocycles. The summed E-state index contributed by atoms with van der Waals surface area (Å²) in [5, 5.41) is 9.36. The summed E-state index contributed by atoms with van der Waals surface area (Å²) in [6, 6.07) is -0.226. The molecule has 3 nitrogen and oxygen atoms in total. The van der Waals surface area contributed by atoms with Crippen molar-refractivity contribution in [2.24, 2.45) is 0 Å². The Bertz CT molecular complexity index is 237.